The Morgan fingerprint density at radius 1 is 1.06 bits per heavy atom. The van der Waals surface area contributed by atoms with Crippen molar-refractivity contribution in [1.29, 1.82) is 0 Å². The van der Waals surface area contributed by atoms with Crippen LogP contribution >= 0.6 is 0 Å². The van der Waals surface area contributed by atoms with E-state index in [1.807, 2.05) is 30.3 Å². The van der Waals surface area contributed by atoms with E-state index in [4.69, 9.17) is 4.74 Å². The van der Waals surface area contributed by atoms with Crippen LogP contribution in [0.5, 0.6) is 5.75 Å². The molecule has 0 aromatic heterocycles. The number of rotatable bonds is 4. The first-order valence-electron chi connectivity index (χ1n) is 5.56. The zero-order valence-electron chi connectivity index (χ0n) is 9.47. The van der Waals surface area contributed by atoms with Gasteiger partial charge in [-0.1, -0.05) is 36.4 Å². The molecular formula is C15H14FO. The summed E-state index contributed by atoms with van der Waals surface area (Å²) in [6.07, 6.45) is 0.457. The van der Waals surface area contributed by atoms with Crippen molar-refractivity contribution in [2.75, 3.05) is 0 Å². The van der Waals surface area contributed by atoms with Gasteiger partial charge in [-0.25, -0.2) is 4.39 Å². The fourth-order valence-corrected chi connectivity index (χ4v) is 1.67. The van der Waals surface area contributed by atoms with Crippen LogP contribution in [0, 0.1) is 12.7 Å². The third-order valence-electron chi connectivity index (χ3n) is 2.51. The molecule has 0 fully saturated rings. The zero-order chi connectivity index (χ0) is 12.1. The fourth-order valence-electron chi connectivity index (χ4n) is 1.67. The number of ether oxygens (including phenoxy) is 1. The lowest BCUT2D eigenvalue weighted by atomic mass is 10.1. The van der Waals surface area contributed by atoms with E-state index in [1.54, 1.807) is 12.1 Å². The van der Waals surface area contributed by atoms with Gasteiger partial charge in [0.2, 0.25) is 0 Å². The van der Waals surface area contributed by atoms with Crippen molar-refractivity contribution in [2.45, 2.75) is 12.5 Å². The Bertz CT molecular complexity index is 467. The molecule has 0 aliphatic rings. The van der Waals surface area contributed by atoms with Gasteiger partial charge in [0.25, 0.3) is 0 Å². The first-order valence-corrected chi connectivity index (χ1v) is 5.56. The maximum atomic E-state index is 13.0. The number of hydrogen-bond acceptors (Lipinski definition) is 1. The fraction of sp³-hybridized carbons (Fsp3) is 0.133. The van der Waals surface area contributed by atoms with Crippen molar-refractivity contribution in [3.8, 4) is 5.75 Å². The Kier molecular flexibility index (Phi) is 3.76. The van der Waals surface area contributed by atoms with Gasteiger partial charge < -0.3 is 4.74 Å². The molecule has 0 amide bonds. The molecule has 0 aliphatic carbocycles. The van der Waals surface area contributed by atoms with Crippen LogP contribution in [0.4, 0.5) is 4.39 Å². The van der Waals surface area contributed by atoms with E-state index in [0.717, 1.165) is 5.56 Å². The average Bonchev–Trinajstić information content (AvgIpc) is 2.37. The molecule has 2 rings (SSSR count). The molecule has 0 aliphatic heterocycles. The van der Waals surface area contributed by atoms with Gasteiger partial charge in [0.15, 0.2) is 0 Å². The Labute approximate surface area is 101 Å². The van der Waals surface area contributed by atoms with Gasteiger partial charge in [0.05, 0.1) is 0 Å². The van der Waals surface area contributed by atoms with Crippen molar-refractivity contribution in [2.24, 2.45) is 0 Å². The van der Waals surface area contributed by atoms with Crippen molar-refractivity contribution in [3.63, 3.8) is 0 Å². The van der Waals surface area contributed by atoms with Crippen molar-refractivity contribution >= 4 is 0 Å². The smallest absolute Gasteiger partial charge is 0.126 e. The zero-order valence-corrected chi connectivity index (χ0v) is 9.47. The van der Waals surface area contributed by atoms with Gasteiger partial charge in [-0.05, 0) is 31.0 Å². The highest BCUT2D eigenvalue weighted by molar-refractivity contribution is 5.25. The minimum atomic E-state index is -0.293. The highest BCUT2D eigenvalue weighted by Gasteiger charge is 2.10. The van der Waals surface area contributed by atoms with E-state index in [-0.39, 0.29) is 11.9 Å². The topological polar surface area (TPSA) is 9.23 Å². The van der Waals surface area contributed by atoms with Crippen LogP contribution in [0.25, 0.3) is 0 Å². The molecule has 17 heavy (non-hydrogen) atoms. The van der Waals surface area contributed by atoms with E-state index in [1.165, 1.54) is 12.1 Å². The van der Waals surface area contributed by atoms with Gasteiger partial charge >= 0.3 is 0 Å². The van der Waals surface area contributed by atoms with Gasteiger partial charge in [-0.15, -0.1) is 0 Å². The van der Waals surface area contributed by atoms with Gasteiger partial charge in [-0.3, -0.25) is 0 Å². The maximum absolute atomic E-state index is 13.0. The van der Waals surface area contributed by atoms with Crippen LogP contribution in [0.1, 0.15) is 18.1 Å². The van der Waals surface area contributed by atoms with E-state index >= 15 is 0 Å². The Hall–Kier alpha value is -1.83. The Morgan fingerprint density at radius 3 is 2.47 bits per heavy atom. The first-order chi connectivity index (χ1) is 8.29. The predicted octanol–water partition coefficient (Wildman–Crippen LogP) is 4.17. The normalized spacial score (nSPS) is 12.1. The standard InChI is InChI=1S/C15H14FO/c1-2-15(12-7-4-3-5-8-12)17-14-10-6-9-13(16)11-14/h3-11,15H,1-2H2/t15-/m1/s1. The van der Waals surface area contributed by atoms with Crippen LogP contribution in [0.15, 0.2) is 54.6 Å². The van der Waals surface area contributed by atoms with Gasteiger partial charge in [0, 0.05) is 6.07 Å². The molecule has 0 saturated carbocycles. The summed E-state index contributed by atoms with van der Waals surface area (Å²) < 4.78 is 18.8. The quantitative estimate of drug-likeness (QED) is 0.764. The summed E-state index contributed by atoms with van der Waals surface area (Å²) in [7, 11) is 0. The molecule has 0 N–H and O–H groups in total. The Balaban J connectivity index is 2.16. The summed E-state index contributed by atoms with van der Waals surface area (Å²) in [6.45, 7) is 3.86. The molecule has 2 aromatic carbocycles. The van der Waals surface area contributed by atoms with Crippen molar-refractivity contribution in [1.82, 2.24) is 0 Å². The molecule has 1 atom stereocenters. The van der Waals surface area contributed by atoms with Gasteiger partial charge in [0.1, 0.15) is 17.7 Å². The van der Waals surface area contributed by atoms with Crippen LogP contribution in [0.3, 0.4) is 0 Å². The minimum absolute atomic E-state index is 0.141. The highest BCUT2D eigenvalue weighted by Crippen LogP contribution is 2.24. The molecule has 2 aromatic rings. The molecule has 1 radical (unpaired) electrons. The lowest BCUT2D eigenvalue weighted by Gasteiger charge is -2.17. The molecule has 0 unspecified atom stereocenters. The van der Waals surface area contributed by atoms with Crippen molar-refractivity contribution < 1.29 is 9.13 Å². The van der Waals surface area contributed by atoms with E-state index in [9.17, 15) is 4.39 Å². The minimum Gasteiger partial charge on any atom is -0.486 e. The van der Waals surface area contributed by atoms with E-state index < -0.39 is 0 Å². The second-order valence-electron chi connectivity index (χ2n) is 3.76. The Morgan fingerprint density at radius 2 is 1.82 bits per heavy atom. The second-order valence-corrected chi connectivity index (χ2v) is 3.76. The molecule has 1 nitrogen and oxygen atoms in total. The molecule has 2 heteroatoms. The summed E-state index contributed by atoms with van der Waals surface area (Å²) >= 11 is 0. The SMILES string of the molecule is [CH2]C[C@@H](Oc1cccc(F)c1)c1ccccc1. The maximum Gasteiger partial charge on any atom is 0.126 e. The van der Waals surface area contributed by atoms with Crippen molar-refractivity contribution in [3.05, 3.63) is 72.9 Å². The van der Waals surface area contributed by atoms with Crippen LogP contribution in [-0.4, -0.2) is 0 Å². The summed E-state index contributed by atoms with van der Waals surface area (Å²) in [5, 5.41) is 0. The third kappa shape index (κ3) is 3.06. The lowest BCUT2D eigenvalue weighted by molar-refractivity contribution is 0.208. The summed E-state index contributed by atoms with van der Waals surface area (Å²) in [4.78, 5) is 0. The first kappa shape index (κ1) is 11.6. The summed E-state index contributed by atoms with van der Waals surface area (Å²) in [5.41, 5.74) is 1.05. The monoisotopic (exact) mass is 229 g/mol. The molecular weight excluding hydrogens is 215 g/mol. The largest absolute Gasteiger partial charge is 0.486 e. The molecule has 0 spiro atoms. The second kappa shape index (κ2) is 5.48. The third-order valence-corrected chi connectivity index (χ3v) is 2.51. The highest BCUT2D eigenvalue weighted by atomic mass is 19.1. The number of benzene rings is 2. The van der Waals surface area contributed by atoms with E-state index in [0.29, 0.717) is 12.2 Å². The molecule has 0 bridgehead atoms. The number of hydrogen-bond donors (Lipinski definition) is 0. The van der Waals surface area contributed by atoms with Crippen LogP contribution in [-0.2, 0) is 0 Å². The molecule has 0 heterocycles. The predicted molar refractivity (Wildman–Crippen MR) is 66.2 cm³/mol. The molecule has 87 valence electrons. The average molecular weight is 229 g/mol. The van der Waals surface area contributed by atoms with Crippen LogP contribution < -0.4 is 4.74 Å². The van der Waals surface area contributed by atoms with Crippen LogP contribution in [0.2, 0.25) is 0 Å². The summed E-state index contributed by atoms with van der Waals surface area (Å²) in [6, 6.07) is 16.0. The lowest BCUT2D eigenvalue weighted by Crippen LogP contribution is -2.06. The molecule has 0 saturated heterocycles. The summed E-state index contributed by atoms with van der Waals surface area (Å²) in [5.74, 6) is 0.237. The van der Waals surface area contributed by atoms with E-state index in [2.05, 4.69) is 6.92 Å². The van der Waals surface area contributed by atoms with Gasteiger partial charge in [-0.2, -0.15) is 0 Å². The number of halogens is 1.